The Labute approximate surface area is 178 Å². The second-order valence-electron chi connectivity index (χ2n) is 7.42. The Hall–Kier alpha value is -3.27. The van der Waals surface area contributed by atoms with Crippen LogP contribution >= 0.6 is 0 Å². The molecule has 0 spiro atoms. The fourth-order valence-electron chi connectivity index (χ4n) is 3.75. The molecule has 0 saturated heterocycles. The van der Waals surface area contributed by atoms with Gasteiger partial charge >= 0.3 is 0 Å². The summed E-state index contributed by atoms with van der Waals surface area (Å²) in [6.45, 7) is 3.65. The molecule has 162 valence electrons. The third-order valence-electron chi connectivity index (χ3n) is 5.18. The number of aliphatic imine (C=N–C) groups is 1. The minimum atomic E-state index is -3.97. The lowest BCUT2D eigenvalue weighted by Crippen LogP contribution is -2.41. The van der Waals surface area contributed by atoms with Crippen molar-refractivity contribution in [2.24, 2.45) is 12.0 Å². The summed E-state index contributed by atoms with van der Waals surface area (Å²) in [4.78, 5) is 4.16. The maximum Gasteiger partial charge on any atom is 0.266 e. The number of fused-ring (bicyclic) bond motifs is 1. The fourth-order valence-corrected chi connectivity index (χ4v) is 4.91. The van der Waals surface area contributed by atoms with Gasteiger partial charge in [-0.1, -0.05) is 19.1 Å². The molecule has 3 aromatic rings. The quantitative estimate of drug-likeness (QED) is 0.644. The molecule has 1 aliphatic rings. The first-order valence-corrected chi connectivity index (χ1v) is 11.1. The van der Waals surface area contributed by atoms with Gasteiger partial charge in [0, 0.05) is 30.3 Å². The average molecular weight is 445 g/mol. The van der Waals surface area contributed by atoms with E-state index in [4.69, 9.17) is 0 Å². The van der Waals surface area contributed by atoms with Crippen LogP contribution in [0.1, 0.15) is 35.2 Å². The Morgan fingerprint density at radius 3 is 2.68 bits per heavy atom. The number of rotatable bonds is 4. The number of aromatic nitrogens is 2. The number of nitrogens with one attached hydrogen (secondary N) is 2. The van der Waals surface area contributed by atoms with Crippen LogP contribution < -0.4 is 10.0 Å². The van der Waals surface area contributed by atoms with Crippen molar-refractivity contribution in [3.63, 3.8) is 0 Å². The van der Waals surface area contributed by atoms with Crippen molar-refractivity contribution in [3.8, 4) is 0 Å². The highest BCUT2D eigenvalue weighted by Crippen LogP contribution is 2.38. The third kappa shape index (κ3) is 4.02. The first-order chi connectivity index (χ1) is 14.7. The maximum atomic E-state index is 15.0. The molecule has 0 bridgehead atoms. The molecule has 1 atom stereocenters. The molecule has 1 aliphatic heterocycles. The Morgan fingerprint density at radius 1 is 1.23 bits per heavy atom. The van der Waals surface area contributed by atoms with Gasteiger partial charge in [0.2, 0.25) is 5.96 Å². The number of aryl methyl sites for hydroxylation is 2. The first kappa shape index (κ1) is 21.0. The largest absolute Gasteiger partial charge is 0.324 e. The molecule has 0 amide bonds. The summed E-state index contributed by atoms with van der Waals surface area (Å²) >= 11 is 0. The minimum absolute atomic E-state index is 0.0415. The van der Waals surface area contributed by atoms with E-state index in [1.54, 1.807) is 37.0 Å². The van der Waals surface area contributed by atoms with E-state index in [-0.39, 0.29) is 28.7 Å². The monoisotopic (exact) mass is 445 g/mol. The van der Waals surface area contributed by atoms with Gasteiger partial charge in [-0.3, -0.25) is 4.68 Å². The van der Waals surface area contributed by atoms with Crippen molar-refractivity contribution in [3.05, 3.63) is 76.6 Å². The predicted octanol–water partition coefficient (Wildman–Crippen LogP) is 3.42. The standard InChI is InChI=1S/C21H21F2N5O2S/c1-12(16-11-28(3)26-13(16)2)19-17(23)7-8-18-20(19)25-21(27-31(18,29)30)24-10-14-5-4-6-15(22)9-14/h4-9,11-12H,10H2,1-3H3,(H2,24,25,27)/t12-/m1/s1. The van der Waals surface area contributed by atoms with E-state index in [0.717, 1.165) is 17.3 Å². The summed E-state index contributed by atoms with van der Waals surface area (Å²) < 4.78 is 58.0. The van der Waals surface area contributed by atoms with E-state index in [9.17, 15) is 17.2 Å². The Balaban J connectivity index is 1.77. The van der Waals surface area contributed by atoms with Crippen LogP contribution in [-0.2, 0) is 23.6 Å². The number of sulfonamides is 1. The molecule has 31 heavy (non-hydrogen) atoms. The second kappa shape index (κ2) is 7.77. The van der Waals surface area contributed by atoms with Crippen molar-refractivity contribution in [2.45, 2.75) is 31.2 Å². The lowest BCUT2D eigenvalue weighted by Gasteiger charge is -2.26. The van der Waals surface area contributed by atoms with Crippen LogP contribution in [0.2, 0.25) is 0 Å². The van der Waals surface area contributed by atoms with Gasteiger partial charge in [0.05, 0.1) is 17.9 Å². The van der Waals surface area contributed by atoms with E-state index >= 15 is 0 Å². The summed E-state index contributed by atoms with van der Waals surface area (Å²) in [6, 6.07) is 8.21. The van der Waals surface area contributed by atoms with Crippen LogP contribution in [0.15, 0.2) is 52.5 Å². The molecule has 0 aliphatic carbocycles. The number of anilines is 1. The van der Waals surface area contributed by atoms with Crippen LogP contribution in [-0.4, -0.2) is 24.2 Å². The zero-order valence-corrected chi connectivity index (χ0v) is 18.0. The molecule has 7 nitrogen and oxygen atoms in total. The van der Waals surface area contributed by atoms with Crippen molar-refractivity contribution in [2.75, 3.05) is 5.32 Å². The van der Waals surface area contributed by atoms with Crippen LogP contribution in [0.4, 0.5) is 14.5 Å². The normalized spacial score (nSPS) is 17.0. The summed E-state index contributed by atoms with van der Waals surface area (Å²) in [5.74, 6) is -1.47. The molecule has 1 aromatic heterocycles. The molecule has 0 fully saturated rings. The zero-order valence-electron chi connectivity index (χ0n) is 17.1. The van der Waals surface area contributed by atoms with Gasteiger partial charge in [-0.25, -0.2) is 26.9 Å². The van der Waals surface area contributed by atoms with Crippen LogP contribution in [0, 0.1) is 18.6 Å². The summed E-state index contributed by atoms with van der Waals surface area (Å²) in [5.41, 5.74) is 2.41. The number of halogens is 2. The molecule has 0 unspecified atom stereocenters. The van der Waals surface area contributed by atoms with Gasteiger partial charge in [0.15, 0.2) is 0 Å². The molecular weight excluding hydrogens is 424 g/mol. The number of hydrogen-bond donors (Lipinski definition) is 2. The van der Waals surface area contributed by atoms with Crippen LogP contribution in [0.5, 0.6) is 0 Å². The Kier molecular flexibility index (Phi) is 5.26. The summed E-state index contributed by atoms with van der Waals surface area (Å²) in [7, 11) is -2.20. The number of guanidine groups is 1. The van der Waals surface area contributed by atoms with Gasteiger partial charge in [0.1, 0.15) is 16.5 Å². The van der Waals surface area contributed by atoms with E-state index < -0.39 is 27.6 Å². The van der Waals surface area contributed by atoms with Crippen molar-refractivity contribution in [1.82, 2.24) is 14.5 Å². The van der Waals surface area contributed by atoms with Crippen molar-refractivity contribution in [1.29, 1.82) is 0 Å². The average Bonchev–Trinajstić information content (AvgIpc) is 3.03. The predicted molar refractivity (Wildman–Crippen MR) is 113 cm³/mol. The van der Waals surface area contributed by atoms with Gasteiger partial charge < -0.3 is 5.32 Å². The highest BCUT2D eigenvalue weighted by atomic mass is 32.2. The Morgan fingerprint density at radius 2 is 2.00 bits per heavy atom. The lowest BCUT2D eigenvalue weighted by atomic mass is 9.91. The van der Waals surface area contributed by atoms with Crippen LogP contribution in [0.25, 0.3) is 0 Å². The smallest absolute Gasteiger partial charge is 0.266 e. The minimum Gasteiger partial charge on any atom is -0.324 e. The molecule has 10 heteroatoms. The van der Waals surface area contributed by atoms with E-state index in [1.165, 1.54) is 18.2 Å². The number of nitrogens with zero attached hydrogens (tertiary/aromatic N) is 3. The van der Waals surface area contributed by atoms with E-state index in [2.05, 4.69) is 20.1 Å². The molecule has 2 N–H and O–H groups in total. The second-order valence-corrected chi connectivity index (χ2v) is 9.08. The van der Waals surface area contributed by atoms with Crippen LogP contribution in [0.3, 0.4) is 0 Å². The van der Waals surface area contributed by atoms with E-state index in [0.29, 0.717) is 5.56 Å². The molecule has 4 rings (SSSR count). The highest BCUT2D eigenvalue weighted by Gasteiger charge is 2.32. The van der Waals surface area contributed by atoms with E-state index in [1.807, 2.05) is 6.92 Å². The zero-order chi connectivity index (χ0) is 22.3. The van der Waals surface area contributed by atoms with Gasteiger partial charge in [-0.2, -0.15) is 5.10 Å². The molecule has 2 heterocycles. The molecule has 0 saturated carbocycles. The molecule has 0 radical (unpaired) electrons. The van der Waals surface area contributed by atoms with Gasteiger partial charge in [-0.15, -0.1) is 0 Å². The number of benzene rings is 2. The number of hydrogen-bond acceptors (Lipinski definition) is 4. The fraction of sp³-hybridized carbons (Fsp3) is 0.238. The maximum absolute atomic E-state index is 15.0. The topological polar surface area (TPSA) is 88.4 Å². The first-order valence-electron chi connectivity index (χ1n) is 9.57. The third-order valence-corrected chi connectivity index (χ3v) is 6.56. The summed E-state index contributed by atoms with van der Waals surface area (Å²) in [6.07, 6.45) is 1.79. The highest BCUT2D eigenvalue weighted by molar-refractivity contribution is 7.90. The Bertz CT molecular complexity index is 1300. The SMILES string of the molecule is Cc1nn(C)cc1[C@@H](C)c1c(F)ccc2c1NC(=NCc1cccc(F)c1)NS2(=O)=O. The molecular formula is C21H21F2N5O2S. The lowest BCUT2D eigenvalue weighted by molar-refractivity contribution is 0.586. The van der Waals surface area contributed by atoms with Crippen molar-refractivity contribution >= 4 is 21.7 Å². The molecule has 2 aromatic carbocycles. The van der Waals surface area contributed by atoms with Gasteiger partial charge in [-0.05, 0) is 36.8 Å². The van der Waals surface area contributed by atoms with Gasteiger partial charge in [0.25, 0.3) is 10.0 Å². The summed E-state index contributed by atoms with van der Waals surface area (Å²) in [5, 5.41) is 7.22. The van der Waals surface area contributed by atoms with Crippen molar-refractivity contribution < 1.29 is 17.2 Å².